The van der Waals surface area contributed by atoms with Crippen LogP contribution in [0.4, 0.5) is 10.1 Å². The van der Waals surface area contributed by atoms with Gasteiger partial charge in [0, 0.05) is 17.2 Å². The van der Waals surface area contributed by atoms with Gasteiger partial charge in [-0.25, -0.2) is 17.6 Å². The molecule has 7 nitrogen and oxygen atoms in total. The first-order valence-corrected chi connectivity index (χ1v) is 8.91. The molecule has 0 saturated heterocycles. The van der Waals surface area contributed by atoms with Crippen molar-refractivity contribution < 1.29 is 31.8 Å². The molecule has 0 unspecified atom stereocenters. The molecule has 0 heterocycles. The van der Waals surface area contributed by atoms with E-state index in [0.717, 1.165) is 19.2 Å². The number of rotatable bonds is 6. The number of hydrogen-bond donors (Lipinski definition) is 1. The van der Waals surface area contributed by atoms with Gasteiger partial charge >= 0.3 is 5.97 Å². The zero-order valence-corrected chi connectivity index (χ0v) is 15.6. The summed E-state index contributed by atoms with van der Waals surface area (Å²) in [7, 11) is -0.529. The Hall–Kier alpha value is -2.52. The van der Waals surface area contributed by atoms with E-state index in [1.54, 1.807) is 0 Å². The van der Waals surface area contributed by atoms with Gasteiger partial charge < -0.3 is 14.2 Å². The van der Waals surface area contributed by atoms with E-state index in [1.165, 1.54) is 32.4 Å². The molecule has 0 atom stereocenters. The molecule has 0 radical (unpaired) electrons. The molecule has 0 aliphatic heterocycles. The van der Waals surface area contributed by atoms with Crippen LogP contribution in [0, 0.1) is 5.82 Å². The highest BCUT2D eigenvalue weighted by Crippen LogP contribution is 2.35. The largest absolute Gasteiger partial charge is 0.493 e. The lowest BCUT2D eigenvalue weighted by molar-refractivity contribution is 0.0601. The fraction of sp³-hybridized carbons (Fsp3) is 0.188. The second-order valence-electron chi connectivity index (χ2n) is 4.92. The third-order valence-electron chi connectivity index (χ3n) is 3.36. The number of sulfonamides is 1. The second kappa shape index (κ2) is 7.79. The van der Waals surface area contributed by atoms with Gasteiger partial charge in [0.15, 0.2) is 11.5 Å². The molecule has 0 aliphatic rings. The van der Waals surface area contributed by atoms with Crippen molar-refractivity contribution in [1.29, 1.82) is 0 Å². The highest BCUT2D eigenvalue weighted by atomic mass is 35.5. The van der Waals surface area contributed by atoms with Crippen LogP contribution in [0.3, 0.4) is 0 Å². The van der Waals surface area contributed by atoms with Gasteiger partial charge in [-0.3, -0.25) is 4.72 Å². The Labute approximate surface area is 154 Å². The smallest absolute Gasteiger partial charge is 0.340 e. The maximum atomic E-state index is 14.0. The summed E-state index contributed by atoms with van der Waals surface area (Å²) in [6.45, 7) is 0. The Morgan fingerprint density at radius 2 is 1.69 bits per heavy atom. The fourth-order valence-electron chi connectivity index (χ4n) is 2.14. The van der Waals surface area contributed by atoms with E-state index < -0.39 is 26.7 Å². The molecule has 0 amide bonds. The fourth-order valence-corrected chi connectivity index (χ4v) is 3.43. The van der Waals surface area contributed by atoms with E-state index >= 15 is 0 Å². The summed E-state index contributed by atoms with van der Waals surface area (Å²) in [6, 6.07) is 5.59. The summed E-state index contributed by atoms with van der Waals surface area (Å²) in [5.74, 6) is -1.51. The number of benzene rings is 2. The number of anilines is 1. The van der Waals surface area contributed by atoms with Crippen LogP contribution in [0.15, 0.2) is 35.2 Å². The van der Waals surface area contributed by atoms with E-state index in [1.807, 2.05) is 0 Å². The van der Waals surface area contributed by atoms with Crippen molar-refractivity contribution in [3.8, 4) is 11.5 Å². The van der Waals surface area contributed by atoms with Crippen molar-refractivity contribution in [1.82, 2.24) is 0 Å². The number of nitrogens with one attached hydrogen (secondary N) is 1. The number of carbonyl (C=O) groups is 1. The topological polar surface area (TPSA) is 90.9 Å². The average molecular weight is 404 g/mol. The summed E-state index contributed by atoms with van der Waals surface area (Å²) in [5, 5.41) is 0.0443. The lowest BCUT2D eigenvalue weighted by atomic mass is 10.1. The van der Waals surface area contributed by atoms with Crippen LogP contribution in [0.1, 0.15) is 10.4 Å². The third kappa shape index (κ3) is 4.00. The molecule has 2 aromatic carbocycles. The monoisotopic (exact) mass is 403 g/mol. The van der Waals surface area contributed by atoms with Gasteiger partial charge in [0.2, 0.25) is 0 Å². The van der Waals surface area contributed by atoms with Crippen molar-refractivity contribution >= 4 is 33.3 Å². The molecular formula is C16H15ClFNO6S. The maximum absolute atomic E-state index is 14.0. The van der Waals surface area contributed by atoms with E-state index in [-0.39, 0.29) is 27.8 Å². The predicted molar refractivity (Wildman–Crippen MR) is 93.1 cm³/mol. The van der Waals surface area contributed by atoms with Crippen molar-refractivity contribution in [3.63, 3.8) is 0 Å². The number of esters is 1. The van der Waals surface area contributed by atoms with Crippen LogP contribution in [0.25, 0.3) is 0 Å². The number of halogens is 2. The summed E-state index contributed by atoms with van der Waals surface area (Å²) in [4.78, 5) is 11.4. The average Bonchev–Trinajstić information content (AvgIpc) is 2.59. The van der Waals surface area contributed by atoms with E-state index in [0.29, 0.717) is 0 Å². The normalized spacial score (nSPS) is 11.0. The van der Waals surface area contributed by atoms with Gasteiger partial charge in [-0.2, -0.15) is 0 Å². The summed E-state index contributed by atoms with van der Waals surface area (Å²) in [6.07, 6.45) is 0. The van der Waals surface area contributed by atoms with Crippen LogP contribution in [-0.4, -0.2) is 35.7 Å². The zero-order valence-electron chi connectivity index (χ0n) is 14.0. The van der Waals surface area contributed by atoms with Crippen LogP contribution in [0.5, 0.6) is 11.5 Å². The van der Waals surface area contributed by atoms with Gasteiger partial charge in [0.25, 0.3) is 10.0 Å². The Kier molecular flexibility index (Phi) is 5.94. The first kappa shape index (κ1) is 19.8. The first-order chi connectivity index (χ1) is 12.2. The standard InChI is InChI=1S/C16H15ClFNO6S/c1-23-13-7-10(16(20)25-3)12(8-14(13)24-2)19-26(21,22)15-5-4-9(17)6-11(15)18/h4-8,19H,1-3H3. The van der Waals surface area contributed by atoms with Crippen molar-refractivity contribution in [2.75, 3.05) is 26.1 Å². The molecule has 1 N–H and O–H groups in total. The van der Waals surface area contributed by atoms with E-state index in [9.17, 15) is 17.6 Å². The van der Waals surface area contributed by atoms with E-state index in [4.69, 9.17) is 21.1 Å². The lowest BCUT2D eigenvalue weighted by Crippen LogP contribution is -2.17. The Morgan fingerprint density at radius 1 is 1.08 bits per heavy atom. The second-order valence-corrected chi connectivity index (χ2v) is 7.01. The molecular weight excluding hydrogens is 389 g/mol. The molecule has 0 bridgehead atoms. The van der Waals surface area contributed by atoms with Crippen molar-refractivity contribution in [3.05, 3.63) is 46.7 Å². The highest BCUT2D eigenvalue weighted by molar-refractivity contribution is 7.92. The summed E-state index contributed by atoms with van der Waals surface area (Å²) < 4.78 is 56.1. The predicted octanol–water partition coefficient (Wildman–Crippen LogP) is 3.08. The molecule has 0 fully saturated rings. The van der Waals surface area contributed by atoms with Gasteiger partial charge in [-0.05, 0) is 18.2 Å². The number of ether oxygens (including phenoxy) is 3. The lowest BCUT2D eigenvalue weighted by Gasteiger charge is -2.15. The zero-order chi connectivity index (χ0) is 19.5. The van der Waals surface area contributed by atoms with Crippen LogP contribution in [-0.2, 0) is 14.8 Å². The number of hydrogen-bond acceptors (Lipinski definition) is 6. The number of methoxy groups -OCH3 is 3. The van der Waals surface area contributed by atoms with Crippen LogP contribution in [0.2, 0.25) is 5.02 Å². The van der Waals surface area contributed by atoms with Gasteiger partial charge in [0.05, 0.1) is 32.6 Å². The molecule has 10 heteroatoms. The molecule has 2 rings (SSSR count). The summed E-state index contributed by atoms with van der Waals surface area (Å²) in [5.41, 5.74) is -0.299. The van der Waals surface area contributed by atoms with Gasteiger partial charge in [0.1, 0.15) is 10.7 Å². The quantitative estimate of drug-likeness (QED) is 0.745. The Balaban J connectivity index is 2.58. The molecule has 0 saturated carbocycles. The van der Waals surface area contributed by atoms with Gasteiger partial charge in [-0.15, -0.1) is 0 Å². The highest BCUT2D eigenvalue weighted by Gasteiger charge is 2.24. The van der Waals surface area contributed by atoms with E-state index in [2.05, 4.69) is 9.46 Å². The molecule has 26 heavy (non-hydrogen) atoms. The van der Waals surface area contributed by atoms with Crippen LogP contribution < -0.4 is 14.2 Å². The SMILES string of the molecule is COC(=O)c1cc(OC)c(OC)cc1NS(=O)(=O)c1ccc(Cl)cc1F. The summed E-state index contributed by atoms with van der Waals surface area (Å²) >= 11 is 5.64. The molecule has 140 valence electrons. The Morgan fingerprint density at radius 3 is 2.23 bits per heavy atom. The van der Waals surface area contributed by atoms with Crippen LogP contribution >= 0.6 is 11.6 Å². The minimum Gasteiger partial charge on any atom is -0.493 e. The van der Waals surface area contributed by atoms with Gasteiger partial charge in [-0.1, -0.05) is 11.6 Å². The molecule has 0 aromatic heterocycles. The third-order valence-corrected chi connectivity index (χ3v) is 4.99. The molecule has 2 aromatic rings. The minimum absolute atomic E-state index is 0.0443. The maximum Gasteiger partial charge on any atom is 0.340 e. The molecule has 0 aliphatic carbocycles. The Bertz CT molecular complexity index is 948. The van der Waals surface area contributed by atoms with Crippen molar-refractivity contribution in [2.24, 2.45) is 0 Å². The number of carbonyl (C=O) groups excluding carboxylic acids is 1. The van der Waals surface area contributed by atoms with Crippen molar-refractivity contribution in [2.45, 2.75) is 4.90 Å². The first-order valence-electron chi connectivity index (χ1n) is 7.05. The molecule has 0 spiro atoms. The minimum atomic E-state index is -4.36.